The highest BCUT2D eigenvalue weighted by Crippen LogP contribution is 2.10. The highest BCUT2D eigenvalue weighted by atomic mass is 35.7. The summed E-state index contributed by atoms with van der Waals surface area (Å²) < 4.78 is 32.7. The molecule has 0 aromatic carbocycles. The van der Waals surface area contributed by atoms with Crippen molar-refractivity contribution in [2.45, 2.75) is 12.8 Å². The average molecular weight is 388 g/mol. The monoisotopic (exact) mass is 387 g/mol. The van der Waals surface area contributed by atoms with E-state index in [4.69, 9.17) is 23.9 Å². The van der Waals surface area contributed by atoms with Crippen LogP contribution in [0.5, 0.6) is 0 Å². The second kappa shape index (κ2) is 14.6. The Kier molecular flexibility index (Phi) is 14.7. The predicted molar refractivity (Wildman–Crippen MR) is 85.7 cm³/mol. The van der Waals surface area contributed by atoms with Crippen LogP contribution in [-0.4, -0.2) is 77.2 Å². The molecular formula is C13H26ClN3O4S2. The summed E-state index contributed by atoms with van der Waals surface area (Å²) in [6.45, 7) is 4.94. The maximum atomic E-state index is 8.84. The molecule has 1 saturated heterocycles. The van der Waals surface area contributed by atoms with Crippen molar-refractivity contribution >= 4 is 23.5 Å². The van der Waals surface area contributed by atoms with E-state index in [0.717, 1.165) is 19.6 Å². The third kappa shape index (κ3) is 20.2. The van der Waals surface area contributed by atoms with E-state index in [1.165, 1.54) is 42.4 Å². The minimum absolute atomic E-state index is 0.578. The second-order valence-corrected chi connectivity index (χ2v) is 8.31. The van der Waals surface area contributed by atoms with Gasteiger partial charge in [-0.2, -0.15) is 42.8 Å². The number of likely N-dealkylation sites (N-methyl/N-ethyl adjacent to an activating group) is 1. The molecule has 0 bridgehead atoms. The van der Waals surface area contributed by atoms with Crippen LogP contribution in [0.4, 0.5) is 0 Å². The Labute approximate surface area is 149 Å². The lowest BCUT2D eigenvalue weighted by molar-refractivity contribution is -1.92. The number of rotatable bonds is 1. The van der Waals surface area contributed by atoms with Gasteiger partial charge < -0.3 is 4.90 Å². The van der Waals surface area contributed by atoms with Crippen LogP contribution < -0.4 is 14.0 Å². The van der Waals surface area contributed by atoms with E-state index in [0.29, 0.717) is 6.54 Å². The molecule has 23 heavy (non-hydrogen) atoms. The maximum absolute atomic E-state index is 8.84. The SMILES string of the molecule is CN1CCCSCCSCCCN(CC#N)CC1.[O-][Cl+3]([O-])([O-])O. The molecule has 0 spiro atoms. The number of thioether (sulfide) groups is 2. The minimum atomic E-state index is -4.69. The summed E-state index contributed by atoms with van der Waals surface area (Å²) in [6.07, 6.45) is 2.49. The molecule has 136 valence electrons. The first kappa shape index (κ1) is 23.2. The average Bonchev–Trinajstić information content (AvgIpc) is 2.44. The summed E-state index contributed by atoms with van der Waals surface area (Å²) in [5, 5.41) is 8.84. The van der Waals surface area contributed by atoms with Crippen LogP contribution in [0, 0.1) is 21.6 Å². The van der Waals surface area contributed by atoms with Gasteiger partial charge in [-0.1, -0.05) is 0 Å². The van der Waals surface area contributed by atoms with Crippen molar-refractivity contribution in [2.75, 3.05) is 62.8 Å². The number of nitriles is 1. The summed E-state index contributed by atoms with van der Waals surface area (Å²) in [4.78, 5) is 4.68. The first-order valence-electron chi connectivity index (χ1n) is 7.39. The molecule has 1 heterocycles. The topological polar surface area (TPSA) is 120 Å². The zero-order valence-corrected chi connectivity index (χ0v) is 15.9. The Morgan fingerprint density at radius 2 is 1.52 bits per heavy atom. The lowest BCUT2D eigenvalue weighted by atomic mass is 10.3. The predicted octanol–water partition coefficient (Wildman–Crippen LogP) is -2.12. The first-order chi connectivity index (χ1) is 10.8. The van der Waals surface area contributed by atoms with E-state index < -0.39 is 10.2 Å². The van der Waals surface area contributed by atoms with E-state index in [1.54, 1.807) is 0 Å². The maximum Gasteiger partial charge on any atom is 0.0866 e. The van der Waals surface area contributed by atoms with Crippen LogP contribution in [0.15, 0.2) is 0 Å². The number of halogens is 1. The summed E-state index contributed by atoms with van der Waals surface area (Å²) in [7, 11) is -2.50. The van der Waals surface area contributed by atoms with Crippen LogP contribution in [0.3, 0.4) is 0 Å². The third-order valence-electron chi connectivity index (χ3n) is 3.06. The van der Waals surface area contributed by atoms with E-state index >= 15 is 0 Å². The molecule has 0 atom stereocenters. The zero-order valence-electron chi connectivity index (χ0n) is 13.5. The Morgan fingerprint density at radius 1 is 1.00 bits per heavy atom. The summed E-state index contributed by atoms with van der Waals surface area (Å²) in [6, 6.07) is 2.28. The highest BCUT2D eigenvalue weighted by Gasteiger charge is 2.07. The Morgan fingerprint density at radius 3 is 2.04 bits per heavy atom. The van der Waals surface area contributed by atoms with E-state index in [9.17, 15) is 0 Å². The molecule has 0 aromatic rings. The smallest absolute Gasteiger partial charge is 0.0866 e. The quantitative estimate of drug-likeness (QED) is 0.503. The van der Waals surface area contributed by atoms with Crippen molar-refractivity contribution < 1.29 is 28.9 Å². The third-order valence-corrected chi connectivity index (χ3v) is 5.45. The van der Waals surface area contributed by atoms with Gasteiger partial charge in [-0.05, 0) is 44.5 Å². The van der Waals surface area contributed by atoms with Crippen LogP contribution in [-0.2, 0) is 0 Å². The number of hydrogen-bond acceptors (Lipinski definition) is 9. The van der Waals surface area contributed by atoms with Gasteiger partial charge in [0, 0.05) is 24.6 Å². The van der Waals surface area contributed by atoms with Crippen LogP contribution in [0.1, 0.15) is 12.8 Å². The largest absolute Gasteiger partial charge is 0.305 e. The fourth-order valence-electron chi connectivity index (χ4n) is 1.94. The lowest BCUT2D eigenvalue weighted by Crippen LogP contribution is -2.58. The second-order valence-electron chi connectivity index (χ2n) is 5.07. The number of nitrogens with zero attached hydrogens (tertiary/aromatic N) is 3. The molecule has 1 N–H and O–H groups in total. The summed E-state index contributed by atoms with van der Waals surface area (Å²) >= 11 is 4.15. The molecule has 0 saturated carbocycles. The molecule has 1 aliphatic heterocycles. The van der Waals surface area contributed by atoms with Gasteiger partial charge in [-0.3, -0.25) is 4.90 Å². The normalized spacial score (nSPS) is 20.7. The molecule has 0 amide bonds. The van der Waals surface area contributed by atoms with Gasteiger partial charge in [0.25, 0.3) is 0 Å². The first-order valence-corrected chi connectivity index (χ1v) is 11.0. The molecular weight excluding hydrogens is 362 g/mol. The summed E-state index contributed by atoms with van der Waals surface area (Å²) in [5.41, 5.74) is 0. The summed E-state index contributed by atoms with van der Waals surface area (Å²) in [5.74, 6) is 5.08. The van der Waals surface area contributed by atoms with Gasteiger partial charge in [0.1, 0.15) is 0 Å². The van der Waals surface area contributed by atoms with E-state index in [1.807, 2.05) is 0 Å². The molecule has 1 rings (SSSR count). The fraction of sp³-hybridized carbons (Fsp3) is 0.923. The molecule has 0 aromatic heterocycles. The zero-order chi connectivity index (χ0) is 17.6. The van der Waals surface area contributed by atoms with Gasteiger partial charge in [0.15, 0.2) is 0 Å². The Bertz CT molecular complexity index is 323. The van der Waals surface area contributed by atoms with Crippen molar-refractivity contribution in [3.63, 3.8) is 0 Å². The van der Waals surface area contributed by atoms with Crippen molar-refractivity contribution in [3.8, 4) is 6.07 Å². The minimum Gasteiger partial charge on any atom is -0.305 e. The van der Waals surface area contributed by atoms with Gasteiger partial charge in [0.2, 0.25) is 0 Å². The molecule has 0 unspecified atom stereocenters. The van der Waals surface area contributed by atoms with Crippen LogP contribution >= 0.6 is 23.5 Å². The molecule has 1 fully saturated rings. The Balaban J connectivity index is 0.000000841. The van der Waals surface area contributed by atoms with Crippen LogP contribution in [0.25, 0.3) is 0 Å². The molecule has 1 aliphatic rings. The lowest BCUT2D eigenvalue weighted by Gasteiger charge is -2.23. The van der Waals surface area contributed by atoms with Gasteiger partial charge in [-0.15, -0.1) is 0 Å². The molecule has 7 nitrogen and oxygen atoms in total. The fourth-order valence-corrected chi connectivity index (χ4v) is 3.96. The standard InChI is InChI=1S/C13H25N3S2.ClHO4/c1-15-5-2-10-17-12-13-18-11-3-6-16(7-4-14)9-8-15;2-1(3,4)5/h2-3,5-13H2,1H3;(H,2,3,4,5). The number of hydrogen-bond donors (Lipinski definition) is 1. The molecule has 10 heteroatoms. The van der Waals surface area contributed by atoms with Crippen molar-refractivity contribution in [1.82, 2.24) is 9.80 Å². The molecule has 0 radical (unpaired) electrons. The van der Waals surface area contributed by atoms with Gasteiger partial charge >= 0.3 is 0 Å². The van der Waals surface area contributed by atoms with Gasteiger partial charge in [0.05, 0.1) is 27.5 Å². The van der Waals surface area contributed by atoms with Crippen LogP contribution in [0.2, 0.25) is 0 Å². The molecule has 0 aliphatic carbocycles. The van der Waals surface area contributed by atoms with Crippen molar-refractivity contribution in [1.29, 1.82) is 5.26 Å². The van der Waals surface area contributed by atoms with E-state index in [2.05, 4.69) is 46.4 Å². The highest BCUT2D eigenvalue weighted by molar-refractivity contribution is 8.02. The van der Waals surface area contributed by atoms with Crippen molar-refractivity contribution in [3.05, 3.63) is 0 Å². The Hall–Kier alpha value is 0.240. The van der Waals surface area contributed by atoms with Crippen molar-refractivity contribution in [2.24, 2.45) is 0 Å². The van der Waals surface area contributed by atoms with E-state index in [-0.39, 0.29) is 0 Å². The van der Waals surface area contributed by atoms with Gasteiger partial charge in [-0.25, -0.2) is 0 Å².